The number of aryl methyl sites for hydroxylation is 1. The highest BCUT2D eigenvalue weighted by atomic mass is 32.2. The third kappa shape index (κ3) is 3.06. The molecule has 0 aliphatic heterocycles. The zero-order valence-corrected chi connectivity index (χ0v) is 12.1. The number of nitrogens with two attached hydrogens (primary N) is 1. The number of sulfonamides is 1. The molecule has 0 fully saturated rings. The lowest BCUT2D eigenvalue weighted by Gasteiger charge is -2.13. The molecular formula is C13H17N3O3S. The van der Waals surface area contributed by atoms with Gasteiger partial charge in [0.25, 0.3) is 0 Å². The van der Waals surface area contributed by atoms with Gasteiger partial charge in [-0.1, -0.05) is 18.2 Å². The van der Waals surface area contributed by atoms with Crippen LogP contribution in [0.2, 0.25) is 0 Å². The highest BCUT2D eigenvalue weighted by Crippen LogP contribution is 2.19. The van der Waals surface area contributed by atoms with Crippen LogP contribution in [0, 0.1) is 6.92 Å². The maximum absolute atomic E-state index is 12.4. The maximum Gasteiger partial charge on any atom is 0.241 e. The van der Waals surface area contributed by atoms with Gasteiger partial charge in [-0.05, 0) is 25.5 Å². The van der Waals surface area contributed by atoms with Crippen molar-refractivity contribution < 1.29 is 12.8 Å². The lowest BCUT2D eigenvalue weighted by Crippen LogP contribution is -2.28. The number of hydrogen-bond donors (Lipinski definition) is 2. The van der Waals surface area contributed by atoms with Crippen LogP contribution in [-0.4, -0.2) is 13.4 Å². The molecule has 6 nitrogen and oxygen atoms in total. The van der Waals surface area contributed by atoms with E-state index in [2.05, 4.69) is 9.71 Å². The summed E-state index contributed by atoms with van der Waals surface area (Å²) in [5, 5.41) is 0. The summed E-state index contributed by atoms with van der Waals surface area (Å²) in [5.74, 6) is 0.963. The summed E-state index contributed by atoms with van der Waals surface area (Å²) >= 11 is 0. The van der Waals surface area contributed by atoms with E-state index in [-0.39, 0.29) is 11.4 Å². The van der Waals surface area contributed by atoms with E-state index in [0.717, 1.165) is 0 Å². The summed E-state index contributed by atoms with van der Waals surface area (Å²) in [5.41, 5.74) is 6.14. The van der Waals surface area contributed by atoms with Crippen molar-refractivity contribution in [3.05, 3.63) is 47.7 Å². The van der Waals surface area contributed by atoms with Gasteiger partial charge in [-0.25, -0.2) is 13.4 Å². The minimum Gasteiger partial charge on any atom is -0.444 e. The van der Waals surface area contributed by atoms with Crippen LogP contribution in [0.3, 0.4) is 0 Å². The Kier molecular flexibility index (Phi) is 4.22. The van der Waals surface area contributed by atoms with Crippen molar-refractivity contribution in [3.63, 3.8) is 0 Å². The number of rotatable bonds is 5. The van der Waals surface area contributed by atoms with Crippen molar-refractivity contribution in [3.8, 4) is 0 Å². The molecular weight excluding hydrogens is 278 g/mol. The fourth-order valence-corrected chi connectivity index (χ4v) is 3.30. The molecule has 0 saturated carbocycles. The fraction of sp³-hybridized carbons (Fsp3) is 0.308. The van der Waals surface area contributed by atoms with Crippen LogP contribution in [0.15, 0.2) is 39.8 Å². The van der Waals surface area contributed by atoms with Gasteiger partial charge in [0, 0.05) is 6.54 Å². The van der Waals surface area contributed by atoms with Gasteiger partial charge in [-0.2, -0.15) is 4.72 Å². The lowest BCUT2D eigenvalue weighted by atomic mass is 10.2. The lowest BCUT2D eigenvalue weighted by molar-refractivity contribution is 0.427. The minimum atomic E-state index is -3.67. The molecule has 0 bridgehead atoms. The second-order valence-electron chi connectivity index (χ2n) is 4.46. The summed E-state index contributed by atoms with van der Waals surface area (Å²) in [4.78, 5) is 4.20. The molecule has 3 N–H and O–H groups in total. The summed E-state index contributed by atoms with van der Waals surface area (Å²) in [6.07, 6.45) is 1.55. The zero-order chi connectivity index (χ0) is 14.8. The minimum absolute atomic E-state index is 0.156. The fourth-order valence-electron chi connectivity index (χ4n) is 1.85. The molecule has 1 heterocycles. The molecule has 0 saturated heterocycles. The molecule has 7 heteroatoms. The Balaban J connectivity index is 2.27. The topological polar surface area (TPSA) is 98.2 Å². The largest absolute Gasteiger partial charge is 0.444 e. The number of hydrogen-bond acceptors (Lipinski definition) is 5. The molecule has 0 radical (unpaired) electrons. The molecule has 1 unspecified atom stereocenters. The van der Waals surface area contributed by atoms with Crippen LogP contribution in [0.5, 0.6) is 0 Å². The third-order valence-corrected chi connectivity index (χ3v) is 4.46. The highest BCUT2D eigenvalue weighted by Gasteiger charge is 2.23. The Morgan fingerprint density at radius 1 is 1.40 bits per heavy atom. The van der Waals surface area contributed by atoms with Crippen molar-refractivity contribution >= 4 is 10.0 Å². The highest BCUT2D eigenvalue weighted by molar-refractivity contribution is 7.89. The molecule has 1 aromatic carbocycles. The summed E-state index contributed by atoms with van der Waals surface area (Å²) in [6.45, 7) is 3.58. The predicted octanol–water partition coefficient (Wildman–Crippen LogP) is 1.48. The molecule has 1 aromatic heterocycles. The van der Waals surface area contributed by atoms with E-state index in [4.69, 9.17) is 10.2 Å². The SMILES string of the molecule is Cc1cnc(C(C)NS(=O)(=O)c2ccccc2CN)o1. The number of nitrogens with zero attached hydrogens (tertiary/aromatic N) is 1. The van der Waals surface area contributed by atoms with E-state index in [0.29, 0.717) is 17.2 Å². The Labute approximate surface area is 118 Å². The van der Waals surface area contributed by atoms with Crippen LogP contribution >= 0.6 is 0 Å². The van der Waals surface area contributed by atoms with E-state index in [1.165, 1.54) is 6.07 Å². The van der Waals surface area contributed by atoms with Gasteiger partial charge in [0.15, 0.2) is 0 Å². The van der Waals surface area contributed by atoms with Crippen LogP contribution in [-0.2, 0) is 16.6 Å². The van der Waals surface area contributed by atoms with Crippen molar-refractivity contribution in [2.45, 2.75) is 31.3 Å². The van der Waals surface area contributed by atoms with Crippen molar-refractivity contribution in [1.29, 1.82) is 0 Å². The molecule has 2 aromatic rings. The second kappa shape index (κ2) is 5.74. The maximum atomic E-state index is 12.4. The Morgan fingerprint density at radius 2 is 2.10 bits per heavy atom. The number of nitrogens with one attached hydrogen (secondary N) is 1. The molecule has 0 amide bonds. The Hall–Kier alpha value is -1.70. The molecule has 0 aliphatic carbocycles. The van der Waals surface area contributed by atoms with Crippen molar-refractivity contribution in [2.75, 3.05) is 0 Å². The van der Waals surface area contributed by atoms with Gasteiger partial charge >= 0.3 is 0 Å². The first-order chi connectivity index (χ1) is 9.44. The second-order valence-corrected chi connectivity index (χ2v) is 6.15. The van der Waals surface area contributed by atoms with Crippen LogP contribution in [0.1, 0.15) is 30.2 Å². The molecule has 0 spiro atoms. The van der Waals surface area contributed by atoms with Crippen molar-refractivity contribution in [1.82, 2.24) is 9.71 Å². The number of oxazole rings is 1. The molecule has 108 valence electrons. The molecule has 1 atom stereocenters. The van der Waals surface area contributed by atoms with Crippen molar-refractivity contribution in [2.24, 2.45) is 5.73 Å². The van der Waals surface area contributed by atoms with E-state index >= 15 is 0 Å². The van der Waals surface area contributed by atoms with E-state index in [1.54, 1.807) is 38.2 Å². The van der Waals surface area contributed by atoms with Gasteiger partial charge in [-0.15, -0.1) is 0 Å². The molecule has 20 heavy (non-hydrogen) atoms. The first-order valence-electron chi connectivity index (χ1n) is 6.16. The number of benzene rings is 1. The predicted molar refractivity (Wildman–Crippen MR) is 74.3 cm³/mol. The standard InChI is InChI=1S/C13H17N3O3S/c1-9-8-15-13(19-9)10(2)16-20(17,18)12-6-4-3-5-11(12)7-14/h3-6,8,10,16H,7,14H2,1-2H3. The zero-order valence-electron chi connectivity index (χ0n) is 11.3. The molecule has 2 rings (SSSR count). The van der Waals surface area contributed by atoms with E-state index in [9.17, 15) is 8.42 Å². The monoisotopic (exact) mass is 295 g/mol. The van der Waals surface area contributed by atoms with E-state index < -0.39 is 16.1 Å². The van der Waals surface area contributed by atoms with Gasteiger partial charge in [-0.3, -0.25) is 0 Å². The number of aromatic nitrogens is 1. The smallest absolute Gasteiger partial charge is 0.241 e. The first kappa shape index (κ1) is 14.7. The summed E-state index contributed by atoms with van der Waals surface area (Å²) in [6, 6.07) is 6.07. The average molecular weight is 295 g/mol. The third-order valence-electron chi connectivity index (χ3n) is 2.82. The van der Waals surface area contributed by atoms with Gasteiger partial charge < -0.3 is 10.2 Å². The first-order valence-corrected chi connectivity index (χ1v) is 7.65. The van der Waals surface area contributed by atoms with E-state index in [1.807, 2.05) is 0 Å². The van der Waals surface area contributed by atoms with Gasteiger partial charge in [0.1, 0.15) is 5.76 Å². The Bertz CT molecular complexity index is 694. The van der Waals surface area contributed by atoms with Crippen LogP contribution < -0.4 is 10.5 Å². The summed E-state index contributed by atoms with van der Waals surface area (Å²) < 4.78 is 32.6. The van der Waals surface area contributed by atoms with Crippen LogP contribution in [0.25, 0.3) is 0 Å². The van der Waals surface area contributed by atoms with Gasteiger partial charge in [0.05, 0.1) is 17.1 Å². The summed E-state index contributed by atoms with van der Waals surface area (Å²) in [7, 11) is -3.67. The molecule has 0 aliphatic rings. The normalized spacial score (nSPS) is 13.3. The van der Waals surface area contributed by atoms with Crippen LogP contribution in [0.4, 0.5) is 0 Å². The van der Waals surface area contributed by atoms with Gasteiger partial charge in [0.2, 0.25) is 15.9 Å². The average Bonchev–Trinajstić information content (AvgIpc) is 2.85. The quantitative estimate of drug-likeness (QED) is 0.870. The Morgan fingerprint density at radius 3 is 2.70 bits per heavy atom.